The molecule has 0 amide bonds. The van der Waals surface area contributed by atoms with Crippen LogP contribution in [0.25, 0.3) is 0 Å². The van der Waals surface area contributed by atoms with E-state index in [2.05, 4.69) is 22.6 Å². The van der Waals surface area contributed by atoms with E-state index >= 15 is 0 Å². The van der Waals surface area contributed by atoms with Crippen molar-refractivity contribution in [3.05, 3.63) is 59.7 Å². The van der Waals surface area contributed by atoms with Gasteiger partial charge in [0.05, 0.1) is 27.9 Å². The Morgan fingerprint density at radius 3 is 2.37 bits per heavy atom. The molecule has 190 valence electrons. The number of nitrogens with zero attached hydrogens (tertiary/aromatic N) is 1. The Balaban J connectivity index is 1.91. The van der Waals surface area contributed by atoms with Crippen LogP contribution in [-0.4, -0.2) is 51.6 Å². The minimum Gasteiger partial charge on any atom is -0.368 e. The Hall–Kier alpha value is -2.58. The highest BCUT2D eigenvalue weighted by Gasteiger charge is 2.37. The summed E-state index contributed by atoms with van der Waals surface area (Å²) in [7, 11) is -4.23. The quantitative estimate of drug-likeness (QED) is 0.390. The highest BCUT2D eigenvalue weighted by molar-refractivity contribution is 7.91. The fourth-order valence-electron chi connectivity index (χ4n) is 3.87. The van der Waals surface area contributed by atoms with Crippen molar-refractivity contribution in [2.24, 2.45) is 5.41 Å². The van der Waals surface area contributed by atoms with Crippen LogP contribution in [-0.2, 0) is 16.0 Å². The molecule has 0 spiro atoms. The molecule has 1 aliphatic rings. The minimum atomic E-state index is -4.69. The number of sulfone groups is 1. The molecule has 1 aliphatic heterocycles. The molecule has 0 aromatic heterocycles. The molecule has 0 bridgehead atoms. The number of halogens is 3. The lowest BCUT2D eigenvalue weighted by Gasteiger charge is -2.33. The fourth-order valence-corrected chi connectivity index (χ4v) is 5.84. The van der Waals surface area contributed by atoms with Gasteiger partial charge in [-0.15, -0.1) is 0 Å². The molecular formula is C25H30F3N3O3S. The first kappa shape index (κ1) is 27.0. The Morgan fingerprint density at radius 2 is 1.77 bits per heavy atom. The maximum Gasteiger partial charge on any atom is 0.416 e. The van der Waals surface area contributed by atoms with Crippen LogP contribution in [0.5, 0.6) is 0 Å². The molecule has 1 fully saturated rings. The number of rotatable bonds is 7. The van der Waals surface area contributed by atoms with Crippen molar-refractivity contribution >= 4 is 15.5 Å². The average molecular weight is 510 g/mol. The van der Waals surface area contributed by atoms with Gasteiger partial charge in [-0.1, -0.05) is 43.9 Å². The van der Waals surface area contributed by atoms with Crippen molar-refractivity contribution in [3.63, 3.8) is 0 Å². The van der Waals surface area contributed by atoms with E-state index in [-0.39, 0.29) is 17.0 Å². The molecule has 1 heterocycles. The Bertz CT molecular complexity index is 1170. The Labute approximate surface area is 204 Å². The number of anilines is 1. The third-order valence-electron chi connectivity index (χ3n) is 6.12. The van der Waals surface area contributed by atoms with E-state index < -0.39 is 38.8 Å². The van der Waals surface area contributed by atoms with Crippen LogP contribution in [0.2, 0.25) is 0 Å². The second-order valence-electron chi connectivity index (χ2n) is 9.21. The van der Waals surface area contributed by atoms with Gasteiger partial charge in [-0.2, -0.15) is 13.2 Å². The summed E-state index contributed by atoms with van der Waals surface area (Å²) >= 11 is 0. The number of nitrogens with one attached hydrogen (secondary N) is 2. The molecule has 0 saturated carbocycles. The summed E-state index contributed by atoms with van der Waals surface area (Å²) in [6.45, 7) is 5.62. The van der Waals surface area contributed by atoms with E-state index in [9.17, 15) is 26.8 Å². The molecule has 10 heteroatoms. The third kappa shape index (κ3) is 6.98. The van der Waals surface area contributed by atoms with Gasteiger partial charge >= 0.3 is 6.18 Å². The fraction of sp³-hybridized carbons (Fsp3) is 0.440. The van der Waals surface area contributed by atoms with Gasteiger partial charge in [-0.05, 0) is 35.7 Å². The van der Waals surface area contributed by atoms with Crippen molar-refractivity contribution < 1.29 is 26.8 Å². The number of hydrogen-bond acceptors (Lipinski definition) is 6. The molecule has 0 radical (unpaired) electrons. The molecule has 1 unspecified atom stereocenters. The van der Waals surface area contributed by atoms with E-state index in [4.69, 9.17) is 0 Å². The largest absolute Gasteiger partial charge is 0.416 e. The SMILES string of the molecule is CC(C)(CC#Cc1ccccc1)C(CS(=O)(=O)c1cc(C(F)(F)F)ccc1N1CCNCC1)NO. The predicted octanol–water partition coefficient (Wildman–Crippen LogP) is 3.70. The van der Waals surface area contributed by atoms with Crippen molar-refractivity contribution in [2.45, 2.75) is 37.4 Å². The first-order valence-corrected chi connectivity index (χ1v) is 12.9. The van der Waals surface area contributed by atoms with Crippen molar-refractivity contribution in [1.82, 2.24) is 10.8 Å². The Morgan fingerprint density at radius 1 is 1.11 bits per heavy atom. The summed E-state index contributed by atoms with van der Waals surface area (Å²) in [5, 5.41) is 13.0. The van der Waals surface area contributed by atoms with Crippen LogP contribution in [0.4, 0.5) is 18.9 Å². The van der Waals surface area contributed by atoms with E-state index in [1.165, 1.54) is 6.07 Å². The molecule has 3 N–H and O–H groups in total. The van der Waals surface area contributed by atoms with Gasteiger partial charge in [0, 0.05) is 38.2 Å². The van der Waals surface area contributed by atoms with Crippen LogP contribution in [0, 0.1) is 17.3 Å². The van der Waals surface area contributed by atoms with Gasteiger partial charge in [0.1, 0.15) is 0 Å². The van der Waals surface area contributed by atoms with Gasteiger partial charge in [0.2, 0.25) is 0 Å². The lowest BCUT2D eigenvalue weighted by atomic mass is 9.82. The molecule has 1 atom stereocenters. The maximum atomic E-state index is 13.5. The number of hydroxylamine groups is 1. The summed E-state index contributed by atoms with van der Waals surface area (Å²) < 4.78 is 67.3. The summed E-state index contributed by atoms with van der Waals surface area (Å²) in [6, 6.07) is 11.1. The molecular weight excluding hydrogens is 479 g/mol. The summed E-state index contributed by atoms with van der Waals surface area (Å²) in [6.07, 6.45) is -4.43. The molecule has 2 aromatic carbocycles. The smallest absolute Gasteiger partial charge is 0.368 e. The predicted molar refractivity (Wildman–Crippen MR) is 129 cm³/mol. The van der Waals surface area contributed by atoms with Gasteiger partial charge < -0.3 is 15.4 Å². The van der Waals surface area contributed by atoms with Crippen LogP contribution < -0.4 is 15.7 Å². The maximum absolute atomic E-state index is 13.5. The zero-order valence-electron chi connectivity index (χ0n) is 19.7. The van der Waals surface area contributed by atoms with Gasteiger partial charge in [0.25, 0.3) is 0 Å². The second kappa shape index (κ2) is 11.0. The first-order valence-electron chi connectivity index (χ1n) is 11.3. The van der Waals surface area contributed by atoms with Crippen LogP contribution in [0.3, 0.4) is 0 Å². The molecule has 3 rings (SSSR count). The van der Waals surface area contributed by atoms with E-state index in [0.29, 0.717) is 32.2 Å². The average Bonchev–Trinajstić information content (AvgIpc) is 2.82. The standard InChI is InChI=1S/C25H30F3N3O3S/c1-24(2,12-6-9-19-7-4-3-5-8-19)23(30-32)18-35(33,34)22-17-20(25(26,27)28)10-11-21(22)31-15-13-29-14-16-31/h3-5,7-8,10-11,17,23,29-30,32H,12-16,18H2,1-2H3. The van der Waals surface area contributed by atoms with Crippen molar-refractivity contribution in [2.75, 3.05) is 36.8 Å². The number of piperazine rings is 1. The molecule has 2 aromatic rings. The van der Waals surface area contributed by atoms with Crippen molar-refractivity contribution in [3.8, 4) is 11.8 Å². The second-order valence-corrected chi connectivity index (χ2v) is 11.2. The minimum absolute atomic E-state index is 0.234. The normalized spacial score (nSPS) is 15.9. The zero-order chi connectivity index (χ0) is 25.7. The molecule has 35 heavy (non-hydrogen) atoms. The summed E-state index contributed by atoms with van der Waals surface area (Å²) in [5.41, 5.74) is 1.27. The van der Waals surface area contributed by atoms with Crippen LogP contribution >= 0.6 is 0 Å². The number of hydrogen-bond donors (Lipinski definition) is 3. The van der Waals surface area contributed by atoms with Gasteiger partial charge in [-0.3, -0.25) is 0 Å². The molecule has 6 nitrogen and oxygen atoms in total. The van der Waals surface area contributed by atoms with E-state index in [0.717, 1.165) is 11.6 Å². The summed E-state index contributed by atoms with van der Waals surface area (Å²) in [4.78, 5) is 1.38. The highest BCUT2D eigenvalue weighted by atomic mass is 32.2. The van der Waals surface area contributed by atoms with Crippen LogP contribution in [0.15, 0.2) is 53.4 Å². The Kier molecular flexibility index (Phi) is 8.49. The molecule has 0 aliphatic carbocycles. The monoisotopic (exact) mass is 509 g/mol. The highest BCUT2D eigenvalue weighted by Crippen LogP contribution is 2.36. The molecule has 1 saturated heterocycles. The summed E-state index contributed by atoms with van der Waals surface area (Å²) in [5.74, 6) is 5.43. The van der Waals surface area contributed by atoms with Crippen molar-refractivity contribution in [1.29, 1.82) is 0 Å². The lowest BCUT2D eigenvalue weighted by molar-refractivity contribution is -0.137. The van der Waals surface area contributed by atoms with Gasteiger partial charge in [-0.25, -0.2) is 13.9 Å². The number of alkyl halides is 3. The first-order chi connectivity index (χ1) is 16.4. The topological polar surface area (TPSA) is 81.7 Å². The van der Waals surface area contributed by atoms with Gasteiger partial charge in [0.15, 0.2) is 9.84 Å². The van der Waals surface area contributed by atoms with E-state index in [1.54, 1.807) is 18.7 Å². The lowest BCUT2D eigenvalue weighted by Crippen LogP contribution is -2.46. The number of benzene rings is 2. The van der Waals surface area contributed by atoms with E-state index in [1.807, 2.05) is 30.3 Å². The van der Waals surface area contributed by atoms with Crippen LogP contribution in [0.1, 0.15) is 31.4 Å². The zero-order valence-corrected chi connectivity index (χ0v) is 20.5. The third-order valence-corrected chi connectivity index (χ3v) is 7.88.